The number of amides is 1. The molecule has 3 aromatic rings. The number of nitrogens with one attached hydrogen (secondary N) is 1. The van der Waals surface area contributed by atoms with Crippen molar-refractivity contribution in [2.24, 2.45) is 5.10 Å². The Hall–Kier alpha value is -3.85. The Morgan fingerprint density at radius 3 is 2.37 bits per heavy atom. The van der Waals surface area contributed by atoms with Gasteiger partial charge >= 0.3 is 5.97 Å². The molecule has 0 saturated carbocycles. The van der Waals surface area contributed by atoms with Gasteiger partial charge in [-0.15, -0.1) is 0 Å². The number of hydrogen-bond donors (Lipinski definition) is 1. The lowest BCUT2D eigenvalue weighted by molar-refractivity contribution is -0.384. The summed E-state index contributed by atoms with van der Waals surface area (Å²) in [7, 11) is 0. The Morgan fingerprint density at radius 2 is 1.70 bits per heavy atom. The van der Waals surface area contributed by atoms with Gasteiger partial charge in [0.2, 0.25) is 0 Å². The van der Waals surface area contributed by atoms with Gasteiger partial charge in [0, 0.05) is 22.2 Å². The standard InChI is InChI=1S/C21H14BrN3O5/c22-17-8-6-15(7-9-17)21(27)30-19-10-4-14(5-11-19)13-23-24-20(26)16-2-1-3-18(12-16)25(28)29/h1-13H,(H,24,26)/b23-13+. The Kier molecular flexibility index (Phi) is 6.66. The van der Waals surface area contributed by atoms with Crippen molar-refractivity contribution in [2.75, 3.05) is 0 Å². The summed E-state index contributed by atoms with van der Waals surface area (Å²) in [4.78, 5) is 34.3. The molecule has 0 bridgehead atoms. The second kappa shape index (κ2) is 9.57. The van der Waals surface area contributed by atoms with E-state index in [1.165, 1.54) is 30.5 Å². The van der Waals surface area contributed by atoms with Crippen molar-refractivity contribution in [1.29, 1.82) is 0 Å². The van der Waals surface area contributed by atoms with E-state index in [9.17, 15) is 19.7 Å². The predicted molar refractivity (Wildman–Crippen MR) is 114 cm³/mol. The maximum absolute atomic E-state index is 12.1. The molecule has 0 aliphatic carbocycles. The van der Waals surface area contributed by atoms with Crippen molar-refractivity contribution in [3.63, 3.8) is 0 Å². The van der Waals surface area contributed by atoms with Gasteiger partial charge in [-0.05, 0) is 60.2 Å². The summed E-state index contributed by atoms with van der Waals surface area (Å²) in [6, 6.07) is 18.6. The van der Waals surface area contributed by atoms with Gasteiger partial charge in [-0.25, -0.2) is 10.2 Å². The van der Waals surface area contributed by atoms with Gasteiger partial charge in [-0.1, -0.05) is 22.0 Å². The molecular formula is C21H14BrN3O5. The van der Waals surface area contributed by atoms with E-state index in [0.29, 0.717) is 16.9 Å². The summed E-state index contributed by atoms with van der Waals surface area (Å²) >= 11 is 3.30. The van der Waals surface area contributed by atoms with Crippen LogP contribution in [0.1, 0.15) is 26.3 Å². The number of ether oxygens (including phenoxy) is 1. The van der Waals surface area contributed by atoms with Gasteiger partial charge in [0.1, 0.15) is 5.75 Å². The van der Waals surface area contributed by atoms with Gasteiger partial charge < -0.3 is 4.74 Å². The molecule has 9 heteroatoms. The highest BCUT2D eigenvalue weighted by Crippen LogP contribution is 2.16. The predicted octanol–water partition coefficient (Wildman–Crippen LogP) is 4.34. The van der Waals surface area contributed by atoms with Gasteiger partial charge in [-0.3, -0.25) is 14.9 Å². The fourth-order valence-corrected chi connectivity index (χ4v) is 2.63. The fraction of sp³-hybridized carbons (Fsp3) is 0. The number of nitro benzene ring substituents is 1. The highest BCUT2D eigenvalue weighted by atomic mass is 79.9. The smallest absolute Gasteiger partial charge is 0.343 e. The molecule has 30 heavy (non-hydrogen) atoms. The maximum atomic E-state index is 12.1. The van der Waals surface area contributed by atoms with Gasteiger partial charge in [0.25, 0.3) is 11.6 Å². The zero-order chi connectivity index (χ0) is 21.5. The third kappa shape index (κ3) is 5.58. The number of hydrogen-bond acceptors (Lipinski definition) is 6. The van der Waals surface area contributed by atoms with E-state index < -0.39 is 16.8 Å². The summed E-state index contributed by atoms with van der Waals surface area (Å²) < 4.78 is 6.16. The van der Waals surface area contributed by atoms with E-state index in [2.05, 4.69) is 26.5 Å². The van der Waals surface area contributed by atoms with E-state index in [-0.39, 0.29) is 11.3 Å². The number of carbonyl (C=O) groups excluding carboxylic acids is 2. The number of non-ortho nitro benzene ring substituents is 1. The Labute approximate surface area is 179 Å². The zero-order valence-corrected chi connectivity index (χ0v) is 16.9. The van der Waals surface area contributed by atoms with Crippen LogP contribution in [0.3, 0.4) is 0 Å². The number of carbonyl (C=O) groups is 2. The number of nitro groups is 1. The molecule has 3 aromatic carbocycles. The molecule has 3 rings (SSSR count). The zero-order valence-electron chi connectivity index (χ0n) is 15.3. The SMILES string of the molecule is O=C(N/N=C/c1ccc(OC(=O)c2ccc(Br)cc2)cc1)c1cccc([N+](=O)[O-])c1. The molecule has 1 N–H and O–H groups in total. The van der Waals surface area contributed by atoms with Crippen molar-refractivity contribution in [3.05, 3.63) is 104 Å². The molecule has 0 unspecified atom stereocenters. The summed E-state index contributed by atoms with van der Waals surface area (Å²) in [5, 5.41) is 14.6. The molecular weight excluding hydrogens is 454 g/mol. The minimum Gasteiger partial charge on any atom is -0.423 e. The summed E-state index contributed by atoms with van der Waals surface area (Å²) in [5.74, 6) is -0.691. The highest BCUT2D eigenvalue weighted by Gasteiger charge is 2.11. The van der Waals surface area contributed by atoms with Crippen LogP contribution in [0.5, 0.6) is 5.75 Å². The van der Waals surface area contributed by atoms with E-state index >= 15 is 0 Å². The first kappa shape index (κ1) is 20.9. The van der Waals surface area contributed by atoms with Crippen LogP contribution in [0.25, 0.3) is 0 Å². The molecule has 0 aliphatic heterocycles. The van der Waals surface area contributed by atoms with Gasteiger partial charge in [0.15, 0.2) is 0 Å². The lowest BCUT2D eigenvalue weighted by Gasteiger charge is -2.05. The fourth-order valence-electron chi connectivity index (χ4n) is 2.36. The Balaban J connectivity index is 1.57. The lowest BCUT2D eigenvalue weighted by Crippen LogP contribution is -2.17. The second-order valence-electron chi connectivity index (χ2n) is 5.97. The summed E-state index contributed by atoms with van der Waals surface area (Å²) in [6.07, 6.45) is 1.40. The largest absolute Gasteiger partial charge is 0.423 e. The number of halogens is 1. The van der Waals surface area contributed by atoms with E-state index in [4.69, 9.17) is 4.74 Å². The molecule has 0 spiro atoms. The number of hydrazone groups is 1. The molecule has 0 radical (unpaired) electrons. The molecule has 0 atom stereocenters. The van der Waals surface area contributed by atoms with Crippen molar-refractivity contribution in [1.82, 2.24) is 5.43 Å². The molecule has 0 saturated heterocycles. The second-order valence-corrected chi connectivity index (χ2v) is 6.89. The topological polar surface area (TPSA) is 111 Å². The average Bonchev–Trinajstić information content (AvgIpc) is 2.75. The lowest BCUT2D eigenvalue weighted by atomic mass is 10.2. The molecule has 1 amide bonds. The average molecular weight is 468 g/mol. The maximum Gasteiger partial charge on any atom is 0.343 e. The number of benzene rings is 3. The van der Waals surface area contributed by atoms with Gasteiger partial charge in [0.05, 0.1) is 16.7 Å². The van der Waals surface area contributed by atoms with Crippen LogP contribution in [0.2, 0.25) is 0 Å². The monoisotopic (exact) mass is 467 g/mol. The Morgan fingerprint density at radius 1 is 1.00 bits per heavy atom. The quantitative estimate of drug-likeness (QED) is 0.190. The van der Waals surface area contributed by atoms with Crippen LogP contribution in [-0.4, -0.2) is 23.0 Å². The van der Waals surface area contributed by atoms with Crippen LogP contribution in [0.15, 0.2) is 82.4 Å². The number of nitrogens with zero attached hydrogens (tertiary/aromatic N) is 2. The normalized spacial score (nSPS) is 10.6. The van der Waals surface area contributed by atoms with Gasteiger partial charge in [-0.2, -0.15) is 5.10 Å². The first-order valence-electron chi connectivity index (χ1n) is 8.58. The van der Waals surface area contributed by atoms with E-state index in [0.717, 1.165) is 4.47 Å². The number of rotatable bonds is 6. The third-order valence-electron chi connectivity index (χ3n) is 3.87. The summed E-state index contributed by atoms with van der Waals surface area (Å²) in [5.41, 5.74) is 3.32. The molecule has 150 valence electrons. The van der Waals surface area contributed by atoms with Crippen molar-refractivity contribution in [2.45, 2.75) is 0 Å². The molecule has 0 aromatic heterocycles. The minimum atomic E-state index is -0.578. The first-order chi connectivity index (χ1) is 14.4. The minimum absolute atomic E-state index is 0.122. The van der Waals surface area contributed by atoms with Crippen LogP contribution >= 0.6 is 15.9 Å². The van der Waals surface area contributed by atoms with Crippen LogP contribution in [0, 0.1) is 10.1 Å². The first-order valence-corrected chi connectivity index (χ1v) is 9.37. The van der Waals surface area contributed by atoms with Crippen LogP contribution < -0.4 is 10.2 Å². The van der Waals surface area contributed by atoms with Crippen LogP contribution in [-0.2, 0) is 0 Å². The molecule has 0 fully saturated rings. The Bertz CT molecular complexity index is 1110. The number of esters is 1. The third-order valence-corrected chi connectivity index (χ3v) is 4.40. The molecule has 0 heterocycles. The molecule has 0 aliphatic rings. The highest BCUT2D eigenvalue weighted by molar-refractivity contribution is 9.10. The van der Waals surface area contributed by atoms with E-state index in [1.54, 1.807) is 48.5 Å². The van der Waals surface area contributed by atoms with Crippen molar-refractivity contribution in [3.8, 4) is 5.75 Å². The summed E-state index contributed by atoms with van der Waals surface area (Å²) in [6.45, 7) is 0. The van der Waals surface area contributed by atoms with Crippen molar-refractivity contribution >= 4 is 39.7 Å². The van der Waals surface area contributed by atoms with Crippen LogP contribution in [0.4, 0.5) is 5.69 Å². The van der Waals surface area contributed by atoms with E-state index in [1.807, 2.05) is 0 Å². The van der Waals surface area contributed by atoms with Crippen molar-refractivity contribution < 1.29 is 19.2 Å². The molecule has 8 nitrogen and oxygen atoms in total.